The van der Waals surface area contributed by atoms with Crippen molar-refractivity contribution in [2.45, 2.75) is 58.5 Å². The summed E-state index contributed by atoms with van der Waals surface area (Å²) in [6.07, 6.45) is 6.29. The quantitative estimate of drug-likeness (QED) is 0.128. The fraction of sp³-hybridized carbons (Fsp3) is 0.155. The van der Waals surface area contributed by atoms with Gasteiger partial charge in [0, 0.05) is 51.1 Å². The van der Waals surface area contributed by atoms with Crippen LogP contribution in [0.25, 0.3) is 34.2 Å². The summed E-state index contributed by atoms with van der Waals surface area (Å²) in [5.41, 5.74) is 15.5. The molecular weight excluding hydrogens is 823 g/mol. The molecule has 7 aromatic carbocycles. The Kier molecular flexibility index (Phi) is 11.0. The largest absolute Gasteiger partial charge is 0.310 e. The van der Waals surface area contributed by atoms with Crippen molar-refractivity contribution in [3.05, 3.63) is 197 Å². The van der Waals surface area contributed by atoms with E-state index < -0.39 is 16.1 Å². The van der Waals surface area contributed by atoms with Crippen molar-refractivity contribution in [2.75, 3.05) is 9.80 Å². The van der Waals surface area contributed by atoms with Gasteiger partial charge in [-0.05, 0) is 137 Å². The van der Waals surface area contributed by atoms with E-state index in [-0.39, 0.29) is 5.41 Å². The highest BCUT2D eigenvalue weighted by Crippen LogP contribution is 2.51. The summed E-state index contributed by atoms with van der Waals surface area (Å²) >= 11 is 0. The van der Waals surface area contributed by atoms with Gasteiger partial charge in [0.1, 0.15) is 0 Å². The number of hydrogen-bond acceptors (Lipinski definition) is 5. The molecule has 65 heavy (non-hydrogen) atoms. The summed E-state index contributed by atoms with van der Waals surface area (Å²) in [4.78, 5) is 9.50. The van der Waals surface area contributed by atoms with Gasteiger partial charge in [0.25, 0.3) is 0 Å². The van der Waals surface area contributed by atoms with Gasteiger partial charge in [-0.2, -0.15) is 10.5 Å². The van der Waals surface area contributed by atoms with Gasteiger partial charge >= 0.3 is 0 Å². The van der Waals surface area contributed by atoms with Gasteiger partial charge < -0.3 is 9.80 Å². The highest BCUT2D eigenvalue weighted by atomic mass is 28.3. The number of anilines is 6. The van der Waals surface area contributed by atoms with Crippen molar-refractivity contribution in [3.63, 3.8) is 0 Å². The zero-order chi connectivity index (χ0) is 45.7. The van der Waals surface area contributed by atoms with Crippen LogP contribution < -0.4 is 20.2 Å². The standard InChI is InChI=1S/C58H53N5Si2/c1-58(2)55-34-40(15-31-53(55)54-32-26-49(35-56(54)58)62(45-17-11-41(37-59)12-18-45)47-22-27-51(28-23-47)64(3,4)5)9-10-43-33-44-16-21-50(36-57(44)61-39-43)63(46-19-13-42(38-60)14-20-46)48-24-29-52(30-25-48)65(6,7)8/h9-36,39H,1-8H3/b10-9+. The molecule has 0 bridgehead atoms. The van der Waals surface area contributed by atoms with Crippen molar-refractivity contribution < 1.29 is 0 Å². The van der Waals surface area contributed by atoms with E-state index in [9.17, 15) is 10.5 Å². The molecule has 1 aliphatic rings. The van der Waals surface area contributed by atoms with Gasteiger partial charge in [0.2, 0.25) is 0 Å². The van der Waals surface area contributed by atoms with E-state index in [4.69, 9.17) is 4.98 Å². The zero-order valence-corrected chi connectivity index (χ0v) is 40.5. The predicted molar refractivity (Wildman–Crippen MR) is 279 cm³/mol. The Morgan fingerprint density at radius 3 is 1.37 bits per heavy atom. The maximum Gasteiger partial charge on any atom is 0.0991 e. The third-order valence-electron chi connectivity index (χ3n) is 12.8. The van der Waals surface area contributed by atoms with Crippen LogP contribution in [0.4, 0.5) is 34.1 Å². The third-order valence-corrected chi connectivity index (χ3v) is 17.0. The average Bonchev–Trinajstić information content (AvgIpc) is 3.53. The van der Waals surface area contributed by atoms with E-state index >= 15 is 0 Å². The Hall–Kier alpha value is -7.30. The SMILES string of the molecule is CC1(C)c2cc(/C=C/c3cnc4cc(N(c5ccc(C#N)cc5)c5ccc([Si](C)(C)C)cc5)ccc4c3)ccc2-c2ccc(N(c3ccc(C#N)cc3)c3ccc([Si](C)(C)C)cc3)cc21. The van der Waals surface area contributed by atoms with E-state index in [1.165, 1.54) is 32.6 Å². The second-order valence-electron chi connectivity index (χ2n) is 19.7. The molecule has 1 aromatic heterocycles. The van der Waals surface area contributed by atoms with Crippen molar-refractivity contribution in [2.24, 2.45) is 0 Å². The monoisotopic (exact) mass is 875 g/mol. The van der Waals surface area contributed by atoms with Crippen LogP contribution in [0.1, 0.15) is 47.2 Å². The number of benzene rings is 7. The normalized spacial score (nSPS) is 13.0. The first kappa shape index (κ1) is 43.0. The van der Waals surface area contributed by atoms with Crippen molar-refractivity contribution in [1.82, 2.24) is 4.98 Å². The number of nitriles is 2. The van der Waals surface area contributed by atoms with Crippen LogP contribution in [0.5, 0.6) is 0 Å². The second kappa shape index (κ2) is 16.7. The molecule has 0 fully saturated rings. The second-order valence-corrected chi connectivity index (χ2v) is 29.9. The number of aromatic nitrogens is 1. The summed E-state index contributed by atoms with van der Waals surface area (Å²) in [5.74, 6) is 0. The van der Waals surface area contributed by atoms with Gasteiger partial charge in [-0.3, -0.25) is 4.98 Å². The topological polar surface area (TPSA) is 67.0 Å². The lowest BCUT2D eigenvalue weighted by molar-refractivity contribution is 0.660. The Bertz CT molecular complexity index is 3200. The van der Waals surface area contributed by atoms with Gasteiger partial charge in [-0.15, -0.1) is 0 Å². The molecule has 1 heterocycles. The zero-order valence-electron chi connectivity index (χ0n) is 38.5. The lowest BCUT2D eigenvalue weighted by Gasteiger charge is -2.29. The minimum atomic E-state index is -1.48. The van der Waals surface area contributed by atoms with Crippen LogP contribution >= 0.6 is 0 Å². The molecule has 0 radical (unpaired) electrons. The Labute approximate surface area is 386 Å². The maximum atomic E-state index is 9.55. The minimum absolute atomic E-state index is 0.229. The molecule has 0 N–H and O–H groups in total. The summed E-state index contributed by atoms with van der Waals surface area (Å²) in [6.45, 7) is 18.9. The number of fused-ring (bicyclic) bond motifs is 4. The first-order chi connectivity index (χ1) is 31.1. The van der Waals surface area contributed by atoms with E-state index in [0.29, 0.717) is 11.1 Å². The third kappa shape index (κ3) is 8.45. The maximum absolute atomic E-state index is 9.55. The van der Waals surface area contributed by atoms with Crippen molar-refractivity contribution in [1.29, 1.82) is 10.5 Å². The Morgan fingerprint density at radius 1 is 0.462 bits per heavy atom. The summed E-state index contributed by atoms with van der Waals surface area (Å²) in [7, 11) is -2.94. The number of pyridine rings is 1. The first-order valence-corrected chi connectivity index (χ1v) is 29.3. The number of hydrogen-bond donors (Lipinski definition) is 0. The summed E-state index contributed by atoms with van der Waals surface area (Å²) in [6, 6.07) is 60.5. The molecule has 1 aliphatic carbocycles. The molecule has 5 nitrogen and oxygen atoms in total. The van der Waals surface area contributed by atoms with Crippen LogP contribution in [0.3, 0.4) is 0 Å². The average molecular weight is 876 g/mol. The fourth-order valence-electron chi connectivity index (χ4n) is 9.02. The van der Waals surface area contributed by atoms with Gasteiger partial charge in [0.05, 0.1) is 44.9 Å². The number of nitrogens with zero attached hydrogens (tertiary/aromatic N) is 5. The molecule has 7 heteroatoms. The van der Waals surface area contributed by atoms with Gasteiger partial charge in [0.15, 0.2) is 0 Å². The minimum Gasteiger partial charge on any atom is -0.310 e. The van der Waals surface area contributed by atoms with E-state index in [2.05, 4.69) is 196 Å². The van der Waals surface area contributed by atoms with E-state index in [1.54, 1.807) is 0 Å². The number of rotatable bonds is 10. The molecule has 0 amide bonds. The highest BCUT2D eigenvalue weighted by molar-refractivity contribution is 6.89. The van der Waals surface area contributed by atoms with E-state index in [0.717, 1.165) is 56.2 Å². The lowest BCUT2D eigenvalue weighted by atomic mass is 9.81. The summed E-state index contributed by atoms with van der Waals surface area (Å²) in [5, 5.41) is 22.9. The molecule has 0 saturated heterocycles. The molecule has 0 atom stereocenters. The summed E-state index contributed by atoms with van der Waals surface area (Å²) < 4.78 is 0. The van der Waals surface area contributed by atoms with Crippen molar-refractivity contribution >= 4 is 83.7 Å². The van der Waals surface area contributed by atoms with Crippen LogP contribution in [-0.4, -0.2) is 21.1 Å². The predicted octanol–water partition coefficient (Wildman–Crippen LogP) is 14.5. The van der Waals surface area contributed by atoms with Crippen LogP contribution in [0.2, 0.25) is 39.3 Å². The molecule has 318 valence electrons. The molecular formula is C58H53N5Si2. The van der Waals surface area contributed by atoms with Crippen LogP contribution in [0.15, 0.2) is 164 Å². The van der Waals surface area contributed by atoms with Crippen molar-refractivity contribution in [3.8, 4) is 23.3 Å². The fourth-order valence-corrected chi connectivity index (χ4v) is 11.4. The molecule has 0 aliphatic heterocycles. The Balaban J connectivity index is 0.994. The smallest absolute Gasteiger partial charge is 0.0991 e. The lowest BCUT2D eigenvalue weighted by Crippen LogP contribution is -2.37. The molecule has 9 rings (SSSR count). The van der Waals surface area contributed by atoms with Gasteiger partial charge in [-0.25, -0.2) is 0 Å². The molecule has 0 spiro atoms. The van der Waals surface area contributed by atoms with Crippen LogP contribution in [0, 0.1) is 22.7 Å². The van der Waals surface area contributed by atoms with Gasteiger partial charge in [-0.1, -0.05) is 130 Å². The molecule has 0 saturated carbocycles. The van der Waals surface area contributed by atoms with E-state index in [1.807, 2.05) is 54.7 Å². The molecule has 8 aromatic rings. The first-order valence-electron chi connectivity index (χ1n) is 22.3. The molecule has 0 unspecified atom stereocenters. The Morgan fingerprint density at radius 2 is 0.877 bits per heavy atom. The highest BCUT2D eigenvalue weighted by Gasteiger charge is 2.36. The van der Waals surface area contributed by atoms with Crippen LogP contribution in [-0.2, 0) is 5.41 Å².